The molecule has 2 aromatic rings. The second-order valence-corrected chi connectivity index (χ2v) is 4.64. The number of benzene rings is 2. The highest BCUT2D eigenvalue weighted by Gasteiger charge is 2.03. The molecule has 0 aromatic heterocycles. The summed E-state index contributed by atoms with van der Waals surface area (Å²) < 4.78 is 0.988. The first-order valence-corrected chi connectivity index (χ1v) is 6.13. The molecule has 3 heteroatoms. The van der Waals surface area contributed by atoms with Gasteiger partial charge in [0.05, 0.1) is 6.42 Å². The van der Waals surface area contributed by atoms with E-state index in [0.29, 0.717) is 6.42 Å². The van der Waals surface area contributed by atoms with Crippen LogP contribution in [0.2, 0.25) is 0 Å². The summed E-state index contributed by atoms with van der Waals surface area (Å²) in [7, 11) is 0. The first-order valence-electron chi connectivity index (χ1n) is 5.33. The Labute approximate surface area is 109 Å². The Morgan fingerprint density at radius 3 is 2.53 bits per heavy atom. The van der Waals surface area contributed by atoms with Gasteiger partial charge in [-0.15, -0.1) is 0 Å². The molecule has 86 valence electrons. The predicted molar refractivity (Wildman–Crippen MR) is 72.9 cm³/mol. The number of halogens is 1. The second kappa shape index (κ2) is 5.64. The fourth-order valence-electron chi connectivity index (χ4n) is 1.56. The molecule has 0 saturated carbocycles. The summed E-state index contributed by atoms with van der Waals surface area (Å²) in [5.41, 5.74) is 1.82. The third-order valence-electron chi connectivity index (χ3n) is 2.31. The van der Waals surface area contributed by atoms with Crippen molar-refractivity contribution in [3.8, 4) is 0 Å². The van der Waals surface area contributed by atoms with Crippen LogP contribution in [0.3, 0.4) is 0 Å². The van der Waals surface area contributed by atoms with Crippen molar-refractivity contribution in [3.05, 3.63) is 64.6 Å². The summed E-state index contributed by atoms with van der Waals surface area (Å²) >= 11 is 3.39. The van der Waals surface area contributed by atoms with E-state index in [0.717, 1.165) is 15.7 Å². The Balaban J connectivity index is 1.98. The van der Waals surface area contributed by atoms with Crippen molar-refractivity contribution < 1.29 is 4.79 Å². The number of hydrogen-bond acceptors (Lipinski definition) is 1. The molecule has 0 radical (unpaired) electrons. The third-order valence-corrected chi connectivity index (χ3v) is 2.80. The summed E-state index contributed by atoms with van der Waals surface area (Å²) in [6.07, 6.45) is 0.383. The van der Waals surface area contributed by atoms with Gasteiger partial charge in [0.15, 0.2) is 0 Å². The van der Waals surface area contributed by atoms with Crippen LogP contribution in [0.25, 0.3) is 0 Å². The molecule has 0 unspecified atom stereocenters. The van der Waals surface area contributed by atoms with Gasteiger partial charge in [-0.1, -0.05) is 46.3 Å². The predicted octanol–water partition coefficient (Wildman–Crippen LogP) is 3.63. The van der Waals surface area contributed by atoms with E-state index in [1.54, 1.807) is 0 Å². The highest BCUT2D eigenvalue weighted by Crippen LogP contribution is 2.13. The molecule has 1 N–H and O–H groups in total. The van der Waals surface area contributed by atoms with E-state index >= 15 is 0 Å². The van der Waals surface area contributed by atoms with E-state index in [4.69, 9.17) is 0 Å². The Morgan fingerprint density at radius 2 is 1.82 bits per heavy atom. The number of nitrogens with one attached hydrogen (secondary N) is 1. The molecular formula is C14H12BrNO. The molecular weight excluding hydrogens is 278 g/mol. The van der Waals surface area contributed by atoms with Crippen molar-refractivity contribution in [2.24, 2.45) is 0 Å². The molecule has 0 spiro atoms. The van der Waals surface area contributed by atoms with E-state index < -0.39 is 0 Å². The summed E-state index contributed by atoms with van der Waals surface area (Å²) in [6, 6.07) is 17.2. The molecule has 2 aromatic carbocycles. The van der Waals surface area contributed by atoms with Crippen molar-refractivity contribution in [1.29, 1.82) is 0 Å². The van der Waals surface area contributed by atoms with Crippen molar-refractivity contribution in [1.82, 2.24) is 0 Å². The summed E-state index contributed by atoms with van der Waals surface area (Å²) in [5.74, 6) is -0.00528. The first-order chi connectivity index (χ1) is 8.24. The van der Waals surface area contributed by atoms with Crippen molar-refractivity contribution in [2.45, 2.75) is 6.42 Å². The number of para-hydroxylation sites is 1. The number of amides is 1. The Morgan fingerprint density at radius 1 is 1.06 bits per heavy atom. The first kappa shape index (κ1) is 11.9. The van der Waals surface area contributed by atoms with Crippen LogP contribution in [0, 0.1) is 0 Å². The highest BCUT2D eigenvalue weighted by molar-refractivity contribution is 9.10. The van der Waals surface area contributed by atoms with E-state index in [1.807, 2.05) is 54.6 Å². The van der Waals surface area contributed by atoms with Crippen molar-refractivity contribution >= 4 is 27.5 Å². The molecule has 17 heavy (non-hydrogen) atoms. The summed E-state index contributed by atoms with van der Waals surface area (Å²) in [6.45, 7) is 0. The number of anilines is 1. The SMILES string of the molecule is O=C(Cc1cccc(Br)c1)Nc1ccccc1. The number of rotatable bonds is 3. The lowest BCUT2D eigenvalue weighted by Gasteiger charge is -2.05. The lowest BCUT2D eigenvalue weighted by atomic mass is 10.1. The summed E-state index contributed by atoms with van der Waals surface area (Å²) in [4.78, 5) is 11.8. The topological polar surface area (TPSA) is 29.1 Å². The van der Waals surface area contributed by atoms with Gasteiger partial charge in [0, 0.05) is 10.2 Å². The normalized spacial score (nSPS) is 9.94. The van der Waals surface area contributed by atoms with E-state index in [9.17, 15) is 4.79 Å². The van der Waals surface area contributed by atoms with Crippen LogP contribution in [0.4, 0.5) is 5.69 Å². The van der Waals surface area contributed by atoms with Crippen molar-refractivity contribution in [2.75, 3.05) is 5.32 Å². The van der Waals surface area contributed by atoms with Gasteiger partial charge >= 0.3 is 0 Å². The maximum Gasteiger partial charge on any atom is 0.228 e. The fourth-order valence-corrected chi connectivity index (χ4v) is 2.01. The van der Waals surface area contributed by atoms with Gasteiger partial charge in [0.1, 0.15) is 0 Å². The molecule has 0 saturated heterocycles. The Hall–Kier alpha value is -1.61. The van der Waals surface area contributed by atoms with E-state index in [-0.39, 0.29) is 5.91 Å². The highest BCUT2D eigenvalue weighted by atomic mass is 79.9. The molecule has 2 rings (SSSR count). The second-order valence-electron chi connectivity index (χ2n) is 3.72. The zero-order valence-corrected chi connectivity index (χ0v) is 10.8. The molecule has 1 amide bonds. The lowest BCUT2D eigenvalue weighted by Crippen LogP contribution is -2.14. The van der Waals surface area contributed by atoms with Crippen LogP contribution in [0.1, 0.15) is 5.56 Å². The molecule has 0 aliphatic carbocycles. The Bertz CT molecular complexity index is 511. The molecule has 0 aliphatic heterocycles. The zero-order valence-electron chi connectivity index (χ0n) is 9.19. The zero-order chi connectivity index (χ0) is 12.1. The Kier molecular flexibility index (Phi) is 3.94. The average molecular weight is 290 g/mol. The van der Waals surface area contributed by atoms with Gasteiger partial charge in [0.2, 0.25) is 5.91 Å². The van der Waals surface area contributed by atoms with Crippen LogP contribution in [0.5, 0.6) is 0 Å². The molecule has 2 nitrogen and oxygen atoms in total. The minimum Gasteiger partial charge on any atom is -0.326 e. The largest absolute Gasteiger partial charge is 0.326 e. The molecule has 0 aliphatic rings. The number of hydrogen-bond donors (Lipinski definition) is 1. The van der Waals surface area contributed by atoms with Crippen LogP contribution in [-0.2, 0) is 11.2 Å². The van der Waals surface area contributed by atoms with Crippen LogP contribution >= 0.6 is 15.9 Å². The summed E-state index contributed by atoms with van der Waals surface area (Å²) in [5, 5.41) is 2.86. The van der Waals surface area contributed by atoms with Crippen LogP contribution < -0.4 is 5.32 Å². The maximum atomic E-state index is 11.8. The quantitative estimate of drug-likeness (QED) is 0.919. The van der Waals surface area contributed by atoms with Gasteiger partial charge in [-0.3, -0.25) is 4.79 Å². The van der Waals surface area contributed by atoms with Gasteiger partial charge in [-0.05, 0) is 29.8 Å². The molecule has 0 atom stereocenters. The van der Waals surface area contributed by atoms with Crippen molar-refractivity contribution in [3.63, 3.8) is 0 Å². The monoisotopic (exact) mass is 289 g/mol. The third kappa shape index (κ3) is 3.71. The maximum absolute atomic E-state index is 11.8. The average Bonchev–Trinajstić information content (AvgIpc) is 2.30. The van der Waals surface area contributed by atoms with Gasteiger partial charge in [-0.25, -0.2) is 0 Å². The standard InChI is InChI=1S/C14H12BrNO/c15-12-6-4-5-11(9-12)10-14(17)16-13-7-2-1-3-8-13/h1-9H,10H2,(H,16,17). The van der Waals surface area contributed by atoms with Crippen LogP contribution in [-0.4, -0.2) is 5.91 Å². The van der Waals surface area contributed by atoms with Gasteiger partial charge < -0.3 is 5.32 Å². The minimum absolute atomic E-state index is 0.00528. The van der Waals surface area contributed by atoms with Crippen LogP contribution in [0.15, 0.2) is 59.1 Å². The van der Waals surface area contributed by atoms with E-state index in [2.05, 4.69) is 21.2 Å². The molecule has 0 heterocycles. The molecule has 0 fully saturated rings. The number of carbonyl (C=O) groups excluding carboxylic acids is 1. The fraction of sp³-hybridized carbons (Fsp3) is 0.0714. The van der Waals surface area contributed by atoms with Gasteiger partial charge in [0.25, 0.3) is 0 Å². The van der Waals surface area contributed by atoms with Gasteiger partial charge in [-0.2, -0.15) is 0 Å². The smallest absolute Gasteiger partial charge is 0.228 e. The number of carbonyl (C=O) groups is 1. The lowest BCUT2D eigenvalue weighted by molar-refractivity contribution is -0.115. The minimum atomic E-state index is -0.00528. The van der Waals surface area contributed by atoms with E-state index in [1.165, 1.54) is 0 Å². The molecule has 0 bridgehead atoms.